The third kappa shape index (κ3) is 7.94. The fourth-order valence-electron chi connectivity index (χ4n) is 1.88. The molecule has 0 radical (unpaired) electrons. The van der Waals surface area contributed by atoms with Gasteiger partial charge in [-0.2, -0.15) is 0 Å². The van der Waals surface area contributed by atoms with Crippen LogP contribution in [0.15, 0.2) is 12.1 Å². The number of benzene rings is 1. The highest BCUT2D eigenvalue weighted by Crippen LogP contribution is 2.28. The SMILES string of the molecule is CCN(CC)CCNC(=O)c1cc(Cl)c(N)cc1OC.Cl.Cl.O. The van der Waals surface area contributed by atoms with Crippen LogP contribution < -0.4 is 15.8 Å². The molecule has 136 valence electrons. The van der Waals surface area contributed by atoms with Crippen molar-refractivity contribution in [2.75, 3.05) is 39.0 Å². The fourth-order valence-corrected chi connectivity index (χ4v) is 2.04. The molecule has 0 spiro atoms. The van der Waals surface area contributed by atoms with Crippen LogP contribution in [0.3, 0.4) is 0 Å². The normalized spacial score (nSPS) is 9.26. The van der Waals surface area contributed by atoms with E-state index >= 15 is 0 Å². The first-order valence-corrected chi connectivity index (χ1v) is 7.04. The Morgan fingerprint density at radius 1 is 1.30 bits per heavy atom. The number of carbonyl (C=O) groups excluding carboxylic acids is 1. The summed E-state index contributed by atoms with van der Waals surface area (Å²) in [5.41, 5.74) is 6.48. The van der Waals surface area contributed by atoms with Crippen molar-refractivity contribution in [2.24, 2.45) is 0 Å². The van der Waals surface area contributed by atoms with Crippen LogP contribution in [-0.4, -0.2) is 49.6 Å². The van der Waals surface area contributed by atoms with Crippen LogP contribution in [-0.2, 0) is 0 Å². The molecule has 0 heterocycles. The number of hydrogen-bond acceptors (Lipinski definition) is 4. The first-order chi connectivity index (χ1) is 9.53. The van der Waals surface area contributed by atoms with Gasteiger partial charge in [-0.25, -0.2) is 0 Å². The molecule has 0 aliphatic rings. The predicted octanol–water partition coefficient (Wildman–Crippen LogP) is 2.02. The van der Waals surface area contributed by atoms with Gasteiger partial charge in [-0.15, -0.1) is 24.8 Å². The zero-order valence-electron chi connectivity index (χ0n) is 13.5. The molecule has 0 aromatic heterocycles. The molecule has 0 aliphatic heterocycles. The molecule has 0 unspecified atom stereocenters. The van der Waals surface area contributed by atoms with E-state index in [1.54, 1.807) is 6.07 Å². The second-order valence-electron chi connectivity index (χ2n) is 4.36. The molecule has 0 atom stereocenters. The van der Waals surface area contributed by atoms with Crippen LogP contribution in [0.4, 0.5) is 5.69 Å². The molecular formula is C14H26Cl3N3O3. The molecule has 0 saturated carbocycles. The maximum atomic E-state index is 12.1. The number of hydrogen-bond donors (Lipinski definition) is 2. The summed E-state index contributed by atoms with van der Waals surface area (Å²) in [4.78, 5) is 14.4. The van der Waals surface area contributed by atoms with Gasteiger partial charge in [-0.3, -0.25) is 4.79 Å². The molecule has 23 heavy (non-hydrogen) atoms. The van der Waals surface area contributed by atoms with Crippen molar-refractivity contribution in [3.05, 3.63) is 22.7 Å². The van der Waals surface area contributed by atoms with Crippen molar-refractivity contribution in [1.29, 1.82) is 0 Å². The molecule has 5 N–H and O–H groups in total. The van der Waals surface area contributed by atoms with Crippen LogP contribution >= 0.6 is 36.4 Å². The van der Waals surface area contributed by atoms with Crippen molar-refractivity contribution in [3.8, 4) is 5.75 Å². The lowest BCUT2D eigenvalue weighted by molar-refractivity contribution is 0.0946. The zero-order valence-corrected chi connectivity index (χ0v) is 15.9. The van der Waals surface area contributed by atoms with E-state index < -0.39 is 0 Å². The molecule has 1 aromatic rings. The topological polar surface area (TPSA) is 99.1 Å². The molecule has 0 saturated heterocycles. The van der Waals surface area contributed by atoms with Crippen LogP contribution in [0.25, 0.3) is 0 Å². The van der Waals surface area contributed by atoms with Crippen LogP contribution in [0, 0.1) is 0 Å². The third-order valence-corrected chi connectivity index (χ3v) is 3.50. The van der Waals surface area contributed by atoms with E-state index in [-0.39, 0.29) is 36.2 Å². The Kier molecular flexibility index (Phi) is 15.8. The smallest absolute Gasteiger partial charge is 0.255 e. The molecule has 0 aliphatic carbocycles. The van der Waals surface area contributed by atoms with Gasteiger partial charge in [-0.05, 0) is 19.2 Å². The van der Waals surface area contributed by atoms with Gasteiger partial charge in [0.1, 0.15) is 5.75 Å². The van der Waals surface area contributed by atoms with Crippen molar-refractivity contribution in [1.82, 2.24) is 10.2 Å². The number of nitrogens with zero attached hydrogens (tertiary/aromatic N) is 1. The third-order valence-electron chi connectivity index (χ3n) is 3.17. The number of methoxy groups -OCH3 is 1. The molecule has 1 amide bonds. The summed E-state index contributed by atoms with van der Waals surface area (Å²) >= 11 is 5.95. The Hall–Kier alpha value is -0.920. The summed E-state index contributed by atoms with van der Waals surface area (Å²) < 4.78 is 5.16. The minimum absolute atomic E-state index is 0. The monoisotopic (exact) mass is 389 g/mol. The summed E-state index contributed by atoms with van der Waals surface area (Å²) in [6.07, 6.45) is 0. The van der Waals surface area contributed by atoms with Crippen LogP contribution in [0.5, 0.6) is 5.75 Å². The van der Waals surface area contributed by atoms with Gasteiger partial charge in [0.2, 0.25) is 0 Å². The lowest BCUT2D eigenvalue weighted by atomic mass is 10.1. The number of carbonyl (C=O) groups is 1. The number of nitrogens with two attached hydrogens (primary N) is 1. The maximum absolute atomic E-state index is 12.1. The molecule has 6 nitrogen and oxygen atoms in total. The van der Waals surface area contributed by atoms with Crippen molar-refractivity contribution >= 4 is 48.0 Å². The Balaban J connectivity index is -0.00000133. The van der Waals surface area contributed by atoms with Crippen molar-refractivity contribution in [2.45, 2.75) is 13.8 Å². The summed E-state index contributed by atoms with van der Waals surface area (Å²) in [6.45, 7) is 7.49. The number of halogens is 3. The lowest BCUT2D eigenvalue weighted by Gasteiger charge is -2.18. The summed E-state index contributed by atoms with van der Waals surface area (Å²) in [5, 5.41) is 3.21. The van der Waals surface area contributed by atoms with E-state index in [4.69, 9.17) is 22.1 Å². The number of ether oxygens (including phenoxy) is 1. The first-order valence-electron chi connectivity index (χ1n) is 6.67. The Bertz CT molecular complexity index is 472. The van der Waals surface area contributed by atoms with Gasteiger partial charge in [-0.1, -0.05) is 25.4 Å². The van der Waals surface area contributed by atoms with Gasteiger partial charge in [0.05, 0.1) is 23.4 Å². The molecule has 0 bridgehead atoms. The number of nitrogens with one attached hydrogen (secondary N) is 1. The molecule has 1 rings (SSSR count). The van der Waals surface area contributed by atoms with Crippen molar-refractivity contribution < 1.29 is 15.0 Å². The molecule has 9 heteroatoms. The van der Waals surface area contributed by atoms with E-state index in [0.29, 0.717) is 28.6 Å². The second-order valence-corrected chi connectivity index (χ2v) is 4.76. The summed E-state index contributed by atoms with van der Waals surface area (Å²) in [5.74, 6) is 0.211. The molecular weight excluding hydrogens is 365 g/mol. The van der Waals surface area contributed by atoms with Gasteiger partial charge < -0.3 is 26.2 Å². The van der Waals surface area contributed by atoms with Gasteiger partial charge in [0.15, 0.2) is 0 Å². The number of anilines is 1. The number of amides is 1. The first kappa shape index (κ1) is 27.0. The Morgan fingerprint density at radius 3 is 2.35 bits per heavy atom. The van der Waals surface area contributed by atoms with Gasteiger partial charge in [0.25, 0.3) is 5.91 Å². The highest BCUT2D eigenvalue weighted by atomic mass is 35.5. The summed E-state index contributed by atoms with van der Waals surface area (Å²) in [6, 6.07) is 3.09. The van der Waals surface area contributed by atoms with Gasteiger partial charge >= 0.3 is 0 Å². The number of likely N-dealkylation sites (N-methyl/N-ethyl adjacent to an activating group) is 1. The van der Waals surface area contributed by atoms with Gasteiger partial charge in [0, 0.05) is 19.2 Å². The standard InChI is InChI=1S/C14H22ClN3O2.2ClH.H2O/c1-4-18(5-2)7-6-17-14(19)10-8-11(15)12(16)9-13(10)20-3;;;/h8-9H,4-7,16H2,1-3H3,(H,17,19);2*1H;1H2. The Labute approximate surface area is 154 Å². The highest BCUT2D eigenvalue weighted by Gasteiger charge is 2.14. The summed E-state index contributed by atoms with van der Waals surface area (Å²) in [7, 11) is 1.50. The van der Waals surface area contributed by atoms with Crippen LogP contribution in [0.2, 0.25) is 5.02 Å². The molecule has 0 fully saturated rings. The largest absolute Gasteiger partial charge is 0.496 e. The van der Waals surface area contributed by atoms with Crippen LogP contribution in [0.1, 0.15) is 24.2 Å². The average molecular weight is 391 g/mol. The minimum atomic E-state index is -0.212. The van der Waals surface area contributed by atoms with Crippen molar-refractivity contribution in [3.63, 3.8) is 0 Å². The molecule has 1 aromatic carbocycles. The quantitative estimate of drug-likeness (QED) is 0.696. The Morgan fingerprint density at radius 2 is 1.87 bits per heavy atom. The number of nitrogen functional groups attached to an aromatic ring is 1. The van der Waals surface area contributed by atoms with E-state index in [1.807, 2.05) is 0 Å². The maximum Gasteiger partial charge on any atom is 0.255 e. The fraction of sp³-hybridized carbons (Fsp3) is 0.500. The van der Waals surface area contributed by atoms with E-state index in [1.165, 1.54) is 13.2 Å². The lowest BCUT2D eigenvalue weighted by Crippen LogP contribution is -2.34. The second kappa shape index (κ2) is 13.5. The number of rotatable bonds is 7. The van der Waals surface area contributed by atoms with E-state index in [2.05, 4.69) is 24.1 Å². The predicted molar refractivity (Wildman–Crippen MR) is 101 cm³/mol. The highest BCUT2D eigenvalue weighted by molar-refractivity contribution is 6.33. The van der Waals surface area contributed by atoms with E-state index in [9.17, 15) is 4.79 Å². The van der Waals surface area contributed by atoms with E-state index in [0.717, 1.165) is 19.6 Å². The average Bonchev–Trinajstić information content (AvgIpc) is 2.45. The minimum Gasteiger partial charge on any atom is -0.496 e. The zero-order chi connectivity index (χ0) is 15.1.